The van der Waals surface area contributed by atoms with E-state index in [0.717, 1.165) is 50.7 Å². The Balaban J connectivity index is 2.25. The molecule has 1 fully saturated rings. The lowest BCUT2D eigenvalue weighted by molar-refractivity contribution is -0.0432. The van der Waals surface area contributed by atoms with E-state index in [-0.39, 0.29) is 0 Å². The fourth-order valence-corrected chi connectivity index (χ4v) is 4.67. The molecule has 0 saturated heterocycles. The highest BCUT2D eigenvalue weighted by Crippen LogP contribution is 2.42. The van der Waals surface area contributed by atoms with E-state index in [4.69, 9.17) is 14.2 Å². The molecule has 0 bridgehead atoms. The molecular weight excluding hydrogens is 354 g/mol. The van der Waals surface area contributed by atoms with Gasteiger partial charge in [-0.05, 0) is 55.8 Å². The van der Waals surface area contributed by atoms with Crippen molar-refractivity contribution in [2.24, 2.45) is 17.3 Å². The number of aliphatic hydroxyl groups is 1. The van der Waals surface area contributed by atoms with Crippen LogP contribution in [0, 0.1) is 17.3 Å². The largest absolute Gasteiger partial charge is 0.391 e. The van der Waals surface area contributed by atoms with Crippen LogP contribution in [0.15, 0.2) is 0 Å². The SMILES string of the molecule is COCCN(CCOC)CCC(O)COC1CCC(C(C)(C)CC(C)C)CC1. The number of methoxy groups -OCH3 is 2. The molecule has 0 aromatic carbocycles. The molecule has 0 amide bonds. The Labute approximate surface area is 174 Å². The lowest BCUT2D eigenvalue weighted by atomic mass is 9.67. The number of ether oxygens (including phenoxy) is 3. The van der Waals surface area contributed by atoms with Gasteiger partial charge in [0.25, 0.3) is 0 Å². The Hall–Kier alpha value is -0.200. The minimum atomic E-state index is -0.400. The summed E-state index contributed by atoms with van der Waals surface area (Å²) in [5.74, 6) is 1.56. The summed E-state index contributed by atoms with van der Waals surface area (Å²) in [5, 5.41) is 10.3. The molecule has 168 valence electrons. The minimum absolute atomic E-state index is 0.318. The lowest BCUT2D eigenvalue weighted by Gasteiger charge is -2.40. The number of hydrogen-bond acceptors (Lipinski definition) is 5. The van der Waals surface area contributed by atoms with Gasteiger partial charge in [-0.3, -0.25) is 4.90 Å². The van der Waals surface area contributed by atoms with Gasteiger partial charge in [-0.15, -0.1) is 0 Å². The maximum Gasteiger partial charge on any atom is 0.0786 e. The maximum absolute atomic E-state index is 10.3. The van der Waals surface area contributed by atoms with Crippen molar-refractivity contribution in [1.29, 1.82) is 0 Å². The van der Waals surface area contributed by atoms with Crippen LogP contribution in [0.2, 0.25) is 0 Å². The molecule has 1 aliphatic carbocycles. The number of aliphatic hydroxyl groups excluding tert-OH is 1. The van der Waals surface area contributed by atoms with Gasteiger partial charge in [0.05, 0.1) is 32.0 Å². The summed E-state index contributed by atoms with van der Waals surface area (Å²) in [6.45, 7) is 13.9. The first-order valence-electron chi connectivity index (χ1n) is 11.3. The van der Waals surface area contributed by atoms with Gasteiger partial charge >= 0.3 is 0 Å². The molecule has 0 aromatic rings. The van der Waals surface area contributed by atoms with E-state index in [2.05, 4.69) is 32.6 Å². The molecule has 1 rings (SSSR count). The van der Waals surface area contributed by atoms with Crippen molar-refractivity contribution in [3.63, 3.8) is 0 Å². The van der Waals surface area contributed by atoms with E-state index in [0.29, 0.717) is 31.3 Å². The monoisotopic (exact) mass is 401 g/mol. The quantitative estimate of drug-likeness (QED) is 0.450. The Kier molecular flexibility index (Phi) is 12.8. The van der Waals surface area contributed by atoms with Crippen molar-refractivity contribution < 1.29 is 19.3 Å². The van der Waals surface area contributed by atoms with Crippen LogP contribution < -0.4 is 0 Å². The van der Waals surface area contributed by atoms with Crippen LogP contribution in [0.5, 0.6) is 0 Å². The molecule has 0 spiro atoms. The van der Waals surface area contributed by atoms with Crippen LogP contribution in [0.4, 0.5) is 0 Å². The van der Waals surface area contributed by atoms with Gasteiger partial charge in [0.15, 0.2) is 0 Å². The zero-order chi connectivity index (χ0) is 21.0. The minimum Gasteiger partial charge on any atom is -0.391 e. The first-order chi connectivity index (χ1) is 13.3. The van der Waals surface area contributed by atoms with E-state index in [1.165, 1.54) is 19.3 Å². The van der Waals surface area contributed by atoms with E-state index < -0.39 is 6.10 Å². The van der Waals surface area contributed by atoms with Crippen molar-refractivity contribution in [3.8, 4) is 0 Å². The van der Waals surface area contributed by atoms with Crippen molar-refractivity contribution in [3.05, 3.63) is 0 Å². The van der Waals surface area contributed by atoms with Crippen LogP contribution in [-0.4, -0.2) is 75.9 Å². The third-order valence-corrected chi connectivity index (χ3v) is 6.24. The van der Waals surface area contributed by atoms with Gasteiger partial charge < -0.3 is 19.3 Å². The highest BCUT2D eigenvalue weighted by atomic mass is 16.5. The highest BCUT2D eigenvalue weighted by Gasteiger charge is 2.33. The van der Waals surface area contributed by atoms with E-state index in [9.17, 15) is 5.11 Å². The molecule has 1 unspecified atom stereocenters. The Morgan fingerprint density at radius 1 is 0.964 bits per heavy atom. The first-order valence-corrected chi connectivity index (χ1v) is 11.3. The van der Waals surface area contributed by atoms with E-state index in [1.807, 2.05) is 0 Å². The van der Waals surface area contributed by atoms with Crippen LogP contribution in [-0.2, 0) is 14.2 Å². The Bertz CT molecular complexity index is 373. The van der Waals surface area contributed by atoms with Gasteiger partial charge in [0.1, 0.15) is 0 Å². The number of nitrogens with zero attached hydrogens (tertiary/aromatic N) is 1. The van der Waals surface area contributed by atoms with Crippen molar-refractivity contribution in [1.82, 2.24) is 4.90 Å². The van der Waals surface area contributed by atoms with Crippen LogP contribution in [0.3, 0.4) is 0 Å². The van der Waals surface area contributed by atoms with E-state index in [1.54, 1.807) is 14.2 Å². The van der Waals surface area contributed by atoms with Gasteiger partial charge in [0.2, 0.25) is 0 Å². The average Bonchev–Trinajstić information content (AvgIpc) is 2.65. The second-order valence-corrected chi connectivity index (χ2v) is 9.66. The molecule has 5 heteroatoms. The molecular formula is C23H47NO4. The fraction of sp³-hybridized carbons (Fsp3) is 1.00. The third-order valence-electron chi connectivity index (χ3n) is 6.24. The van der Waals surface area contributed by atoms with Gasteiger partial charge in [-0.2, -0.15) is 0 Å². The summed E-state index contributed by atoms with van der Waals surface area (Å²) in [7, 11) is 3.44. The topological polar surface area (TPSA) is 51.2 Å². The van der Waals surface area contributed by atoms with Gasteiger partial charge in [0, 0.05) is 33.9 Å². The zero-order valence-corrected chi connectivity index (χ0v) is 19.4. The van der Waals surface area contributed by atoms with Crippen molar-refractivity contribution in [2.75, 3.05) is 53.7 Å². The normalized spacial score (nSPS) is 22.2. The molecule has 0 radical (unpaired) electrons. The summed E-state index contributed by atoms with van der Waals surface area (Å²) in [5.41, 5.74) is 0.423. The smallest absolute Gasteiger partial charge is 0.0786 e. The maximum atomic E-state index is 10.3. The average molecular weight is 402 g/mol. The lowest BCUT2D eigenvalue weighted by Crippen LogP contribution is -2.35. The summed E-state index contributed by atoms with van der Waals surface area (Å²) < 4.78 is 16.4. The number of rotatable bonds is 15. The standard InChI is InChI=1S/C23H47NO4/c1-19(2)17-23(3,4)20-7-9-22(10-8-20)28-18-21(25)11-12-24(13-15-26-5)14-16-27-6/h19-22,25H,7-18H2,1-6H3. The predicted molar refractivity (Wildman–Crippen MR) is 116 cm³/mol. The summed E-state index contributed by atoms with van der Waals surface area (Å²) >= 11 is 0. The van der Waals surface area contributed by atoms with Crippen LogP contribution in [0.25, 0.3) is 0 Å². The van der Waals surface area contributed by atoms with Crippen LogP contribution >= 0.6 is 0 Å². The molecule has 1 aliphatic rings. The molecule has 0 aromatic heterocycles. The molecule has 0 aliphatic heterocycles. The third kappa shape index (κ3) is 10.5. The molecule has 5 nitrogen and oxygen atoms in total. The molecule has 1 atom stereocenters. The Morgan fingerprint density at radius 2 is 1.54 bits per heavy atom. The van der Waals surface area contributed by atoms with Crippen LogP contribution in [0.1, 0.15) is 66.2 Å². The van der Waals surface area contributed by atoms with Crippen molar-refractivity contribution in [2.45, 2.75) is 78.4 Å². The number of hydrogen-bond donors (Lipinski definition) is 1. The first kappa shape index (κ1) is 25.8. The summed E-state index contributed by atoms with van der Waals surface area (Å²) in [6, 6.07) is 0. The zero-order valence-electron chi connectivity index (χ0n) is 19.4. The molecule has 0 heterocycles. The molecule has 28 heavy (non-hydrogen) atoms. The molecule has 1 saturated carbocycles. The van der Waals surface area contributed by atoms with Gasteiger partial charge in [-0.1, -0.05) is 27.7 Å². The summed E-state index contributed by atoms with van der Waals surface area (Å²) in [6.07, 6.45) is 6.71. The fourth-order valence-electron chi connectivity index (χ4n) is 4.67. The second kappa shape index (κ2) is 13.9. The van der Waals surface area contributed by atoms with E-state index >= 15 is 0 Å². The predicted octanol–water partition coefficient (Wildman–Crippen LogP) is 3.98. The summed E-state index contributed by atoms with van der Waals surface area (Å²) in [4.78, 5) is 2.28. The van der Waals surface area contributed by atoms with Gasteiger partial charge in [-0.25, -0.2) is 0 Å². The Morgan fingerprint density at radius 3 is 2.04 bits per heavy atom. The highest BCUT2D eigenvalue weighted by molar-refractivity contribution is 4.84. The molecule has 1 N–H and O–H groups in total. The second-order valence-electron chi connectivity index (χ2n) is 9.66. The van der Waals surface area contributed by atoms with Crippen molar-refractivity contribution >= 4 is 0 Å².